The number of carbonyl (C=O) groups is 1. The molecule has 0 saturated heterocycles. The Hall–Kier alpha value is -1.44. The number of rotatable bonds is 6. The highest BCUT2D eigenvalue weighted by Gasteiger charge is 2.06. The van der Waals surface area contributed by atoms with Crippen molar-refractivity contribution < 1.29 is 9.63 Å². The molecule has 3 N–H and O–H groups in total. The van der Waals surface area contributed by atoms with Gasteiger partial charge in [0.25, 0.3) is 0 Å². The molecule has 1 rings (SSSR count). The van der Waals surface area contributed by atoms with Gasteiger partial charge in [-0.2, -0.15) is 5.10 Å². The van der Waals surface area contributed by atoms with E-state index in [0.29, 0.717) is 13.0 Å². The van der Waals surface area contributed by atoms with Gasteiger partial charge in [-0.1, -0.05) is 5.59 Å². The number of nitrogens with two attached hydrogens (primary N) is 1. The van der Waals surface area contributed by atoms with E-state index in [0.717, 1.165) is 12.1 Å². The van der Waals surface area contributed by atoms with Gasteiger partial charge in [-0.15, -0.1) is 0 Å². The third kappa shape index (κ3) is 4.39. The van der Waals surface area contributed by atoms with Crippen molar-refractivity contribution in [1.82, 2.24) is 20.3 Å². The minimum Gasteiger partial charge on any atom is -0.356 e. The van der Waals surface area contributed by atoms with Gasteiger partial charge in [-0.25, -0.2) is 5.84 Å². The number of aromatic nitrogens is 2. The number of aryl methyl sites for hydroxylation is 1. The van der Waals surface area contributed by atoms with Crippen molar-refractivity contribution >= 4 is 5.97 Å². The Morgan fingerprint density at radius 3 is 3.06 bits per heavy atom. The second kappa shape index (κ2) is 6.21. The maximum Gasteiger partial charge on any atom is 0.327 e. The summed E-state index contributed by atoms with van der Waals surface area (Å²) in [5.74, 6) is 4.47. The van der Waals surface area contributed by atoms with Crippen LogP contribution in [0.4, 0.5) is 0 Å². The first-order valence-corrected chi connectivity index (χ1v) is 4.93. The molecular weight excluding hydrogens is 210 g/mol. The summed E-state index contributed by atoms with van der Waals surface area (Å²) >= 11 is 0. The zero-order valence-electron chi connectivity index (χ0n) is 9.51. The minimum absolute atomic E-state index is 0.293. The van der Waals surface area contributed by atoms with E-state index in [1.165, 1.54) is 0 Å². The Bertz CT molecular complexity index is 338. The van der Waals surface area contributed by atoms with Crippen molar-refractivity contribution in [2.45, 2.75) is 13.0 Å². The van der Waals surface area contributed by atoms with Crippen LogP contribution in [-0.2, 0) is 23.2 Å². The van der Waals surface area contributed by atoms with Crippen LogP contribution >= 0.6 is 0 Å². The largest absolute Gasteiger partial charge is 0.356 e. The second-order valence-electron chi connectivity index (χ2n) is 3.60. The lowest BCUT2D eigenvalue weighted by molar-refractivity contribution is -0.151. The number of nitrogens with zero attached hydrogens (tertiary/aromatic N) is 3. The van der Waals surface area contributed by atoms with E-state index in [1.807, 2.05) is 30.8 Å². The van der Waals surface area contributed by atoms with Crippen LogP contribution in [0.15, 0.2) is 12.4 Å². The van der Waals surface area contributed by atoms with Crippen molar-refractivity contribution in [1.29, 1.82) is 0 Å². The highest BCUT2D eigenvalue weighted by molar-refractivity contribution is 5.69. The quantitative estimate of drug-likeness (QED) is 0.487. The van der Waals surface area contributed by atoms with Gasteiger partial charge in [-0.3, -0.25) is 9.48 Å². The molecule has 16 heavy (non-hydrogen) atoms. The molecule has 0 unspecified atom stereocenters. The van der Waals surface area contributed by atoms with Crippen LogP contribution in [-0.4, -0.2) is 34.2 Å². The number of hydrogen-bond acceptors (Lipinski definition) is 6. The second-order valence-corrected chi connectivity index (χ2v) is 3.60. The molecule has 1 aromatic rings. The zero-order chi connectivity index (χ0) is 12.0. The van der Waals surface area contributed by atoms with Gasteiger partial charge < -0.3 is 9.74 Å². The molecule has 0 amide bonds. The summed E-state index contributed by atoms with van der Waals surface area (Å²) in [4.78, 5) is 17.4. The minimum atomic E-state index is -0.375. The van der Waals surface area contributed by atoms with Gasteiger partial charge in [0.15, 0.2) is 0 Å². The molecule has 0 bridgehead atoms. The van der Waals surface area contributed by atoms with Gasteiger partial charge in [0.2, 0.25) is 0 Å². The van der Waals surface area contributed by atoms with Crippen molar-refractivity contribution in [3.8, 4) is 0 Å². The van der Waals surface area contributed by atoms with Crippen LogP contribution in [0.25, 0.3) is 0 Å². The summed E-state index contributed by atoms with van der Waals surface area (Å²) in [6.07, 6.45) is 4.04. The monoisotopic (exact) mass is 227 g/mol. The van der Waals surface area contributed by atoms with Crippen LogP contribution in [0.1, 0.15) is 12.0 Å². The van der Waals surface area contributed by atoms with Gasteiger partial charge in [0.1, 0.15) is 0 Å². The first-order valence-electron chi connectivity index (χ1n) is 4.93. The maximum atomic E-state index is 11.0. The Balaban J connectivity index is 2.25. The van der Waals surface area contributed by atoms with Crippen molar-refractivity contribution in [2.24, 2.45) is 12.9 Å². The average molecular weight is 227 g/mol. The predicted octanol–water partition coefficient (Wildman–Crippen LogP) is -0.836. The van der Waals surface area contributed by atoms with E-state index < -0.39 is 0 Å². The molecule has 0 fully saturated rings. The Kier molecular flexibility index (Phi) is 4.90. The van der Waals surface area contributed by atoms with Crippen LogP contribution in [0.5, 0.6) is 0 Å². The van der Waals surface area contributed by atoms with E-state index >= 15 is 0 Å². The standard InChI is InChI=1S/C9H17N5O2/c1-13(4-3-9(15)16-12-10)6-8-5-11-14(2)7-8/h5,7,12H,3-4,6,10H2,1-2H3. The lowest BCUT2D eigenvalue weighted by Crippen LogP contribution is -2.29. The first-order chi connectivity index (χ1) is 7.61. The fourth-order valence-corrected chi connectivity index (χ4v) is 1.34. The van der Waals surface area contributed by atoms with Crippen molar-refractivity contribution in [3.05, 3.63) is 18.0 Å². The lowest BCUT2D eigenvalue weighted by Gasteiger charge is -2.14. The van der Waals surface area contributed by atoms with Crippen LogP contribution in [0.2, 0.25) is 0 Å². The van der Waals surface area contributed by atoms with E-state index in [4.69, 9.17) is 5.84 Å². The molecule has 0 aliphatic rings. The summed E-state index contributed by atoms with van der Waals surface area (Å²) in [6.45, 7) is 1.35. The third-order valence-corrected chi connectivity index (χ3v) is 2.08. The Labute approximate surface area is 94.1 Å². The molecule has 0 aliphatic heterocycles. The number of carbonyl (C=O) groups excluding carboxylic acids is 1. The van der Waals surface area contributed by atoms with Crippen LogP contribution in [0.3, 0.4) is 0 Å². The first kappa shape index (κ1) is 12.6. The average Bonchev–Trinajstić information content (AvgIpc) is 2.61. The molecule has 90 valence electrons. The lowest BCUT2D eigenvalue weighted by atomic mass is 10.3. The predicted molar refractivity (Wildman–Crippen MR) is 57.6 cm³/mol. The number of hydrogen-bond donors (Lipinski definition) is 2. The van der Waals surface area contributed by atoms with E-state index in [1.54, 1.807) is 10.9 Å². The molecular formula is C9H17N5O2. The fourth-order valence-electron chi connectivity index (χ4n) is 1.34. The van der Waals surface area contributed by atoms with E-state index in [9.17, 15) is 4.79 Å². The maximum absolute atomic E-state index is 11.0. The number of hydrazine groups is 1. The topological polar surface area (TPSA) is 85.4 Å². The molecule has 0 aliphatic carbocycles. The smallest absolute Gasteiger partial charge is 0.327 e. The molecule has 1 heterocycles. The molecule has 0 spiro atoms. The summed E-state index contributed by atoms with van der Waals surface area (Å²) in [5.41, 5.74) is 2.97. The summed E-state index contributed by atoms with van der Waals surface area (Å²) in [7, 11) is 3.80. The normalized spacial score (nSPS) is 10.8. The summed E-state index contributed by atoms with van der Waals surface area (Å²) in [5, 5.41) is 4.07. The zero-order valence-corrected chi connectivity index (χ0v) is 9.51. The van der Waals surface area contributed by atoms with Gasteiger partial charge in [0, 0.05) is 31.9 Å². The van der Waals surface area contributed by atoms with Crippen LogP contribution < -0.4 is 11.4 Å². The van der Waals surface area contributed by atoms with E-state index in [-0.39, 0.29) is 5.97 Å². The van der Waals surface area contributed by atoms with Crippen LogP contribution in [0, 0.1) is 0 Å². The summed E-state index contributed by atoms with van der Waals surface area (Å²) in [6, 6.07) is 0. The molecule has 1 aromatic heterocycles. The fraction of sp³-hybridized carbons (Fsp3) is 0.556. The highest BCUT2D eigenvalue weighted by atomic mass is 16.7. The van der Waals surface area contributed by atoms with Crippen molar-refractivity contribution in [3.63, 3.8) is 0 Å². The van der Waals surface area contributed by atoms with Crippen molar-refractivity contribution in [2.75, 3.05) is 13.6 Å². The SMILES string of the molecule is CN(CCC(=O)ONN)Cc1cnn(C)c1. The van der Waals surface area contributed by atoms with Gasteiger partial charge in [-0.05, 0) is 7.05 Å². The van der Waals surface area contributed by atoms with Gasteiger partial charge in [0.05, 0.1) is 12.6 Å². The molecule has 0 aromatic carbocycles. The van der Waals surface area contributed by atoms with Gasteiger partial charge >= 0.3 is 5.97 Å². The Morgan fingerprint density at radius 2 is 2.50 bits per heavy atom. The molecule has 7 heteroatoms. The summed E-state index contributed by atoms with van der Waals surface area (Å²) < 4.78 is 1.75. The third-order valence-electron chi connectivity index (χ3n) is 2.08. The molecule has 0 saturated carbocycles. The molecule has 0 atom stereocenters. The number of nitrogens with one attached hydrogen (secondary N) is 1. The molecule has 7 nitrogen and oxygen atoms in total. The molecule has 0 radical (unpaired) electrons. The van der Waals surface area contributed by atoms with E-state index in [2.05, 4.69) is 9.94 Å². The Morgan fingerprint density at radius 1 is 1.75 bits per heavy atom. The highest BCUT2D eigenvalue weighted by Crippen LogP contribution is 2.01.